The molecule has 0 N–H and O–H groups in total. The minimum Gasteiger partial charge on any atom is -0.350 e. The molecule has 0 atom stereocenters. The third-order valence-electron chi connectivity index (χ3n) is 2.89. The van der Waals surface area contributed by atoms with Gasteiger partial charge in [0.15, 0.2) is 15.3 Å². The number of sulfone groups is 1. The standard InChI is InChI=1S/C13H15NO3S2/c1-14-7-9(8-19(3,16)17)13(15)11-5-4-10(18-2)6-12(11)14/h4-7H,8H2,1-3H3. The number of nitrogens with zero attached hydrogens (tertiary/aromatic N) is 1. The van der Waals surface area contributed by atoms with Crippen LogP contribution < -0.4 is 5.43 Å². The minimum absolute atomic E-state index is 0.203. The number of aryl methyl sites for hydroxylation is 1. The summed E-state index contributed by atoms with van der Waals surface area (Å²) < 4.78 is 24.5. The van der Waals surface area contributed by atoms with E-state index < -0.39 is 9.84 Å². The van der Waals surface area contributed by atoms with Crippen molar-refractivity contribution in [3.8, 4) is 0 Å². The summed E-state index contributed by atoms with van der Waals surface area (Å²) >= 11 is 1.60. The van der Waals surface area contributed by atoms with Gasteiger partial charge in [0.2, 0.25) is 0 Å². The molecule has 0 amide bonds. The van der Waals surface area contributed by atoms with Crippen LogP contribution in [-0.2, 0) is 22.6 Å². The summed E-state index contributed by atoms with van der Waals surface area (Å²) in [4.78, 5) is 13.3. The molecule has 0 unspecified atom stereocenters. The molecule has 2 aromatic rings. The van der Waals surface area contributed by atoms with Gasteiger partial charge in [-0.25, -0.2) is 8.42 Å². The molecule has 102 valence electrons. The Labute approximate surface area is 116 Å². The second-order valence-corrected chi connectivity index (χ2v) is 7.57. The van der Waals surface area contributed by atoms with E-state index in [1.807, 2.05) is 25.4 Å². The Kier molecular flexibility index (Phi) is 3.73. The lowest BCUT2D eigenvalue weighted by Gasteiger charge is -2.09. The quantitative estimate of drug-likeness (QED) is 0.811. The molecule has 0 bridgehead atoms. The number of hydrogen-bond acceptors (Lipinski definition) is 4. The highest BCUT2D eigenvalue weighted by molar-refractivity contribution is 7.98. The molecule has 2 rings (SSSR count). The highest BCUT2D eigenvalue weighted by atomic mass is 32.2. The molecular formula is C13H15NO3S2. The van der Waals surface area contributed by atoms with E-state index in [2.05, 4.69) is 0 Å². The van der Waals surface area contributed by atoms with Crippen molar-refractivity contribution in [1.82, 2.24) is 4.57 Å². The third kappa shape index (κ3) is 3.01. The average molecular weight is 297 g/mol. The first-order chi connectivity index (χ1) is 8.81. The lowest BCUT2D eigenvalue weighted by Crippen LogP contribution is -2.16. The summed E-state index contributed by atoms with van der Waals surface area (Å²) in [6.07, 6.45) is 4.71. The lowest BCUT2D eigenvalue weighted by molar-refractivity contribution is 0.601. The predicted molar refractivity (Wildman–Crippen MR) is 79.5 cm³/mol. The van der Waals surface area contributed by atoms with Crippen LogP contribution in [0, 0.1) is 0 Å². The van der Waals surface area contributed by atoms with E-state index in [-0.39, 0.29) is 11.2 Å². The first-order valence-corrected chi connectivity index (χ1v) is 8.94. The van der Waals surface area contributed by atoms with Gasteiger partial charge in [-0.1, -0.05) is 0 Å². The van der Waals surface area contributed by atoms with Gasteiger partial charge in [0.1, 0.15) is 0 Å². The minimum atomic E-state index is -3.22. The Morgan fingerprint density at radius 2 is 2.00 bits per heavy atom. The fraction of sp³-hybridized carbons (Fsp3) is 0.308. The molecule has 0 aliphatic heterocycles. The van der Waals surface area contributed by atoms with Crippen LogP contribution in [0.5, 0.6) is 0 Å². The number of pyridine rings is 1. The molecule has 0 aliphatic rings. The zero-order valence-electron chi connectivity index (χ0n) is 11.0. The number of thioether (sulfide) groups is 1. The normalized spacial score (nSPS) is 11.9. The van der Waals surface area contributed by atoms with Gasteiger partial charge in [-0.2, -0.15) is 0 Å². The molecule has 0 fully saturated rings. The van der Waals surface area contributed by atoms with Crippen LogP contribution in [0.15, 0.2) is 34.1 Å². The predicted octanol–water partition coefficient (Wildman–Crippen LogP) is 1.81. The summed E-state index contributed by atoms with van der Waals surface area (Å²) in [5, 5.41) is 0.557. The van der Waals surface area contributed by atoms with Crippen LogP contribution in [0.4, 0.5) is 0 Å². The van der Waals surface area contributed by atoms with Crippen molar-refractivity contribution in [1.29, 1.82) is 0 Å². The van der Waals surface area contributed by atoms with E-state index >= 15 is 0 Å². The average Bonchev–Trinajstić information content (AvgIpc) is 2.33. The summed E-state index contributed by atoms with van der Waals surface area (Å²) in [7, 11) is -1.40. The highest BCUT2D eigenvalue weighted by Crippen LogP contribution is 2.20. The van der Waals surface area contributed by atoms with Crippen LogP contribution in [-0.4, -0.2) is 25.5 Å². The van der Waals surface area contributed by atoms with Crippen molar-refractivity contribution in [3.63, 3.8) is 0 Å². The molecule has 0 saturated heterocycles. The molecule has 19 heavy (non-hydrogen) atoms. The van der Waals surface area contributed by atoms with Crippen molar-refractivity contribution >= 4 is 32.5 Å². The van der Waals surface area contributed by atoms with Crippen molar-refractivity contribution in [2.75, 3.05) is 12.5 Å². The van der Waals surface area contributed by atoms with Crippen LogP contribution in [0.3, 0.4) is 0 Å². The van der Waals surface area contributed by atoms with Crippen molar-refractivity contribution in [3.05, 3.63) is 40.2 Å². The van der Waals surface area contributed by atoms with Gasteiger partial charge in [-0.05, 0) is 24.5 Å². The maximum Gasteiger partial charge on any atom is 0.193 e. The van der Waals surface area contributed by atoms with E-state index in [1.165, 1.54) is 0 Å². The van der Waals surface area contributed by atoms with E-state index in [1.54, 1.807) is 28.6 Å². The fourth-order valence-electron chi connectivity index (χ4n) is 2.04. The molecule has 1 aromatic heterocycles. The zero-order valence-corrected chi connectivity index (χ0v) is 12.6. The molecule has 1 heterocycles. The van der Waals surface area contributed by atoms with Crippen molar-refractivity contribution in [2.45, 2.75) is 10.6 Å². The zero-order chi connectivity index (χ0) is 14.2. The number of benzene rings is 1. The number of fused-ring (bicyclic) bond motifs is 1. The second kappa shape index (κ2) is 5.02. The molecule has 0 radical (unpaired) electrons. The number of rotatable bonds is 3. The highest BCUT2D eigenvalue weighted by Gasteiger charge is 2.12. The number of hydrogen-bond donors (Lipinski definition) is 0. The SMILES string of the molecule is CSc1ccc2c(=O)c(CS(C)(=O)=O)cn(C)c2c1. The second-order valence-electron chi connectivity index (χ2n) is 4.55. The van der Waals surface area contributed by atoms with Crippen LogP contribution in [0.25, 0.3) is 10.9 Å². The van der Waals surface area contributed by atoms with Crippen LogP contribution in [0.1, 0.15) is 5.56 Å². The van der Waals surface area contributed by atoms with Crippen molar-refractivity contribution < 1.29 is 8.42 Å². The molecule has 4 nitrogen and oxygen atoms in total. The van der Waals surface area contributed by atoms with Gasteiger partial charge in [-0.15, -0.1) is 11.8 Å². The van der Waals surface area contributed by atoms with Gasteiger partial charge < -0.3 is 4.57 Å². The maximum absolute atomic E-state index is 12.3. The summed E-state index contributed by atoms with van der Waals surface area (Å²) in [5.41, 5.74) is 0.926. The molecule has 1 aromatic carbocycles. The fourth-order valence-corrected chi connectivity index (χ4v) is 3.25. The molecule has 0 saturated carbocycles. The lowest BCUT2D eigenvalue weighted by atomic mass is 10.1. The van der Waals surface area contributed by atoms with Crippen molar-refractivity contribution in [2.24, 2.45) is 7.05 Å². The maximum atomic E-state index is 12.3. The molecule has 0 aliphatic carbocycles. The van der Waals surface area contributed by atoms with Gasteiger partial charge >= 0.3 is 0 Å². The van der Waals surface area contributed by atoms with E-state index in [0.29, 0.717) is 10.9 Å². The molecule has 0 spiro atoms. The van der Waals surface area contributed by atoms with Crippen LogP contribution in [0.2, 0.25) is 0 Å². The Bertz CT molecular complexity index is 791. The van der Waals surface area contributed by atoms with E-state index in [9.17, 15) is 13.2 Å². The topological polar surface area (TPSA) is 56.1 Å². The van der Waals surface area contributed by atoms with Gasteiger partial charge in [0.05, 0.1) is 11.3 Å². The van der Waals surface area contributed by atoms with Gasteiger partial charge in [-0.3, -0.25) is 4.79 Å². The summed E-state index contributed by atoms with van der Waals surface area (Å²) in [6.45, 7) is 0. The first-order valence-electron chi connectivity index (χ1n) is 5.66. The Balaban J connectivity index is 2.73. The largest absolute Gasteiger partial charge is 0.350 e. The summed E-state index contributed by atoms with van der Waals surface area (Å²) in [6, 6.07) is 5.57. The van der Waals surface area contributed by atoms with Gasteiger partial charge in [0, 0.05) is 35.3 Å². The summed E-state index contributed by atoms with van der Waals surface area (Å²) in [5.74, 6) is -0.222. The molecule has 6 heteroatoms. The first kappa shape index (κ1) is 14.1. The monoisotopic (exact) mass is 297 g/mol. The Morgan fingerprint density at radius 1 is 1.32 bits per heavy atom. The van der Waals surface area contributed by atoms with E-state index in [0.717, 1.165) is 16.7 Å². The Morgan fingerprint density at radius 3 is 2.58 bits per heavy atom. The van der Waals surface area contributed by atoms with Crippen LogP contribution >= 0.6 is 11.8 Å². The Hall–Kier alpha value is -1.27. The smallest absolute Gasteiger partial charge is 0.193 e. The number of aromatic nitrogens is 1. The molecular weight excluding hydrogens is 282 g/mol. The van der Waals surface area contributed by atoms with Gasteiger partial charge in [0.25, 0.3) is 0 Å². The van der Waals surface area contributed by atoms with E-state index in [4.69, 9.17) is 0 Å². The third-order valence-corrected chi connectivity index (χ3v) is 4.45.